The smallest absolute Gasteiger partial charge is 0.337 e. The first-order valence-corrected chi connectivity index (χ1v) is 8.78. The average Bonchev–Trinajstić information content (AvgIpc) is 2.71. The van der Waals surface area contributed by atoms with Crippen molar-refractivity contribution in [1.82, 2.24) is 0 Å². The molecular weight excluding hydrogens is 362 g/mol. The first kappa shape index (κ1) is 19.4. The molecule has 0 aliphatic rings. The summed E-state index contributed by atoms with van der Waals surface area (Å²) < 4.78 is 38.1. The second kappa shape index (κ2) is 8.53. The van der Waals surface area contributed by atoms with Crippen molar-refractivity contribution in [2.75, 3.05) is 13.7 Å². The summed E-state index contributed by atoms with van der Waals surface area (Å²) in [5.41, 5.74) is 1.06. The minimum atomic E-state index is -0.645. The molecule has 3 aromatic rings. The van der Waals surface area contributed by atoms with Crippen molar-refractivity contribution < 1.29 is 23.0 Å². The number of ether oxygens (including phenoxy) is 2. The van der Waals surface area contributed by atoms with Crippen molar-refractivity contribution >= 4 is 16.7 Å². The number of halogens is 2. The molecule has 0 fully saturated rings. The highest BCUT2D eigenvalue weighted by Gasteiger charge is 2.10. The van der Waals surface area contributed by atoms with Gasteiger partial charge in [0.1, 0.15) is 5.82 Å². The minimum absolute atomic E-state index is 0.0394. The zero-order valence-corrected chi connectivity index (χ0v) is 15.5. The molecule has 0 spiro atoms. The van der Waals surface area contributed by atoms with Gasteiger partial charge in [-0.25, -0.2) is 13.6 Å². The molecule has 3 aromatic carbocycles. The lowest BCUT2D eigenvalue weighted by molar-refractivity contribution is 0.0601. The quantitative estimate of drug-likeness (QED) is 0.467. The predicted octanol–water partition coefficient (Wildman–Crippen LogP) is 5.09. The Kier molecular flexibility index (Phi) is 5.90. The molecule has 0 aliphatic carbocycles. The van der Waals surface area contributed by atoms with Gasteiger partial charge in [-0.15, -0.1) is 0 Å². The molecule has 28 heavy (non-hydrogen) atoms. The van der Waals surface area contributed by atoms with Crippen LogP contribution in [0.5, 0.6) is 5.75 Å². The summed E-state index contributed by atoms with van der Waals surface area (Å²) in [6.07, 6.45) is 0.700. The van der Waals surface area contributed by atoms with Gasteiger partial charge in [-0.1, -0.05) is 30.9 Å². The molecule has 0 aliphatic heterocycles. The van der Waals surface area contributed by atoms with E-state index in [1.54, 1.807) is 24.3 Å². The Morgan fingerprint density at radius 2 is 1.71 bits per heavy atom. The average molecular weight is 380 g/mol. The van der Waals surface area contributed by atoms with E-state index >= 15 is 0 Å². The summed E-state index contributed by atoms with van der Waals surface area (Å²) >= 11 is 0. The molecule has 0 heterocycles. The van der Waals surface area contributed by atoms with E-state index in [2.05, 4.69) is 11.8 Å². The Bertz CT molecular complexity index is 1090. The highest BCUT2D eigenvalue weighted by Crippen LogP contribution is 2.22. The molecule has 3 nitrogen and oxygen atoms in total. The maximum Gasteiger partial charge on any atom is 0.337 e. The number of hydrogen-bond donors (Lipinski definition) is 0. The number of esters is 1. The Hall–Kier alpha value is -3.39. The van der Waals surface area contributed by atoms with Gasteiger partial charge in [-0.2, -0.15) is 0 Å². The Balaban J connectivity index is 1.88. The van der Waals surface area contributed by atoms with Gasteiger partial charge in [0.25, 0.3) is 0 Å². The van der Waals surface area contributed by atoms with E-state index in [0.29, 0.717) is 24.2 Å². The summed E-state index contributed by atoms with van der Waals surface area (Å²) in [6, 6.07) is 12.6. The lowest BCUT2D eigenvalue weighted by Crippen LogP contribution is -2.00. The first-order chi connectivity index (χ1) is 13.5. The van der Waals surface area contributed by atoms with Gasteiger partial charge in [0, 0.05) is 11.6 Å². The number of fused-ring (bicyclic) bond motifs is 1. The third-order valence-electron chi connectivity index (χ3n) is 4.09. The van der Waals surface area contributed by atoms with E-state index < -0.39 is 17.6 Å². The van der Waals surface area contributed by atoms with Gasteiger partial charge < -0.3 is 9.47 Å². The summed E-state index contributed by atoms with van der Waals surface area (Å²) in [4.78, 5) is 11.6. The topological polar surface area (TPSA) is 35.5 Å². The largest absolute Gasteiger partial charge is 0.490 e. The van der Waals surface area contributed by atoms with Gasteiger partial charge in [0.15, 0.2) is 11.6 Å². The molecule has 0 atom stereocenters. The van der Waals surface area contributed by atoms with Crippen molar-refractivity contribution in [3.63, 3.8) is 0 Å². The van der Waals surface area contributed by atoms with Crippen molar-refractivity contribution in [2.45, 2.75) is 13.3 Å². The Labute approximate surface area is 161 Å². The fourth-order valence-electron chi connectivity index (χ4n) is 2.65. The molecule has 0 bridgehead atoms. The number of rotatable bonds is 4. The lowest BCUT2D eigenvalue weighted by Gasteiger charge is -2.06. The minimum Gasteiger partial charge on any atom is -0.490 e. The van der Waals surface area contributed by atoms with Crippen LogP contribution in [-0.2, 0) is 4.74 Å². The van der Waals surface area contributed by atoms with E-state index in [0.717, 1.165) is 22.9 Å². The van der Waals surface area contributed by atoms with Gasteiger partial charge in [0.05, 0.1) is 24.8 Å². The molecule has 142 valence electrons. The molecule has 5 heteroatoms. The standard InChI is InChI=1S/C23H18F2O3/c1-3-10-28-22-14-20(24)18(13-21(22)25)7-5-15-4-6-17-12-19(23(26)27-2)9-8-16(17)11-15/h4,6,8-9,11-14H,3,10H2,1-2H3. The number of hydrogen-bond acceptors (Lipinski definition) is 3. The fourth-order valence-corrected chi connectivity index (χ4v) is 2.65. The molecule has 0 unspecified atom stereocenters. The van der Waals surface area contributed by atoms with Crippen LogP contribution in [0.2, 0.25) is 0 Å². The van der Waals surface area contributed by atoms with Crippen molar-refractivity contribution in [2.24, 2.45) is 0 Å². The second-order valence-corrected chi connectivity index (χ2v) is 6.13. The van der Waals surface area contributed by atoms with E-state index in [1.807, 2.05) is 19.1 Å². The normalized spacial score (nSPS) is 10.3. The third kappa shape index (κ3) is 4.29. The van der Waals surface area contributed by atoms with Crippen LogP contribution in [0.3, 0.4) is 0 Å². The summed E-state index contributed by atoms with van der Waals surface area (Å²) in [5, 5.41) is 1.72. The van der Waals surface area contributed by atoms with Crippen LogP contribution in [0.15, 0.2) is 48.5 Å². The van der Waals surface area contributed by atoms with Crippen LogP contribution < -0.4 is 4.74 Å². The van der Waals surface area contributed by atoms with Crippen LogP contribution >= 0.6 is 0 Å². The van der Waals surface area contributed by atoms with E-state index in [1.165, 1.54) is 7.11 Å². The number of benzene rings is 3. The lowest BCUT2D eigenvalue weighted by atomic mass is 10.0. The van der Waals surface area contributed by atoms with E-state index in [9.17, 15) is 13.6 Å². The predicted molar refractivity (Wildman–Crippen MR) is 103 cm³/mol. The highest BCUT2D eigenvalue weighted by molar-refractivity contribution is 5.95. The van der Waals surface area contributed by atoms with Crippen LogP contribution in [0.1, 0.15) is 34.8 Å². The van der Waals surface area contributed by atoms with Gasteiger partial charge in [-0.05, 0) is 47.5 Å². The van der Waals surface area contributed by atoms with Crippen LogP contribution in [0, 0.1) is 23.5 Å². The van der Waals surface area contributed by atoms with Gasteiger partial charge >= 0.3 is 5.97 Å². The monoisotopic (exact) mass is 380 g/mol. The summed E-state index contributed by atoms with van der Waals surface area (Å²) in [7, 11) is 1.33. The number of methoxy groups -OCH3 is 1. The third-order valence-corrected chi connectivity index (χ3v) is 4.09. The summed E-state index contributed by atoms with van der Waals surface area (Å²) in [6.45, 7) is 2.20. The molecule has 0 N–H and O–H groups in total. The van der Waals surface area contributed by atoms with Gasteiger partial charge in [0.2, 0.25) is 0 Å². The first-order valence-electron chi connectivity index (χ1n) is 8.78. The van der Waals surface area contributed by atoms with E-state index in [-0.39, 0.29) is 11.3 Å². The molecule has 0 saturated carbocycles. The number of carbonyl (C=O) groups is 1. The van der Waals surface area contributed by atoms with Crippen molar-refractivity contribution in [1.29, 1.82) is 0 Å². The zero-order valence-electron chi connectivity index (χ0n) is 15.5. The van der Waals surface area contributed by atoms with Gasteiger partial charge in [-0.3, -0.25) is 0 Å². The second-order valence-electron chi connectivity index (χ2n) is 6.13. The molecular formula is C23H18F2O3. The molecule has 0 radical (unpaired) electrons. The summed E-state index contributed by atoms with van der Waals surface area (Å²) in [5.74, 6) is 3.70. The van der Waals surface area contributed by atoms with Crippen LogP contribution in [0.4, 0.5) is 8.78 Å². The van der Waals surface area contributed by atoms with Crippen molar-refractivity contribution in [3.05, 3.63) is 76.9 Å². The van der Waals surface area contributed by atoms with Crippen LogP contribution in [-0.4, -0.2) is 19.7 Å². The molecule has 0 aromatic heterocycles. The Morgan fingerprint density at radius 1 is 0.964 bits per heavy atom. The highest BCUT2D eigenvalue weighted by atomic mass is 19.1. The maximum absolute atomic E-state index is 14.2. The van der Waals surface area contributed by atoms with Crippen molar-refractivity contribution in [3.8, 4) is 17.6 Å². The fraction of sp³-hybridized carbons (Fsp3) is 0.174. The zero-order chi connectivity index (χ0) is 20.1. The van der Waals surface area contributed by atoms with E-state index in [4.69, 9.17) is 9.47 Å². The SMILES string of the molecule is CCCOc1cc(F)c(C#Cc2ccc3cc(C(=O)OC)ccc3c2)cc1F. The van der Waals surface area contributed by atoms with Crippen LogP contribution in [0.25, 0.3) is 10.8 Å². The molecule has 0 saturated heterocycles. The number of carbonyl (C=O) groups excluding carboxylic acids is 1. The molecule has 0 amide bonds. The Morgan fingerprint density at radius 3 is 2.46 bits per heavy atom. The maximum atomic E-state index is 14.2. The molecule has 3 rings (SSSR count).